The van der Waals surface area contributed by atoms with Gasteiger partial charge in [0.15, 0.2) is 0 Å². The Morgan fingerprint density at radius 1 is 1.27 bits per heavy atom. The van der Waals surface area contributed by atoms with Crippen molar-refractivity contribution < 1.29 is 10.1 Å². The third-order valence-electron chi connectivity index (χ3n) is 2.66. The third-order valence-corrected chi connectivity index (χ3v) is 2.66. The first-order chi connectivity index (χ1) is 5.33. The molecule has 0 aromatic carbocycles. The highest BCUT2D eigenvalue weighted by Crippen LogP contribution is 2.34. The third kappa shape index (κ3) is 2.17. The minimum atomic E-state index is -0.174. The molecule has 0 aromatic heterocycles. The van der Waals surface area contributed by atoms with E-state index < -0.39 is 0 Å². The van der Waals surface area contributed by atoms with Gasteiger partial charge in [0.1, 0.15) is 5.60 Å². The van der Waals surface area contributed by atoms with Crippen LogP contribution in [-0.2, 0) is 4.89 Å². The SMILES string of the molecule is CCCC1(OO)CCCCC1. The Kier molecular flexibility index (Phi) is 3.34. The fraction of sp³-hybridized carbons (Fsp3) is 1.00. The predicted octanol–water partition coefficient (Wildman–Crippen LogP) is 2.98. The van der Waals surface area contributed by atoms with E-state index in [0.717, 1.165) is 25.7 Å². The van der Waals surface area contributed by atoms with E-state index in [2.05, 4.69) is 11.8 Å². The van der Waals surface area contributed by atoms with Crippen molar-refractivity contribution in [3.8, 4) is 0 Å². The molecular formula is C9H18O2. The van der Waals surface area contributed by atoms with Crippen molar-refractivity contribution in [2.75, 3.05) is 0 Å². The summed E-state index contributed by atoms with van der Waals surface area (Å²) in [6.45, 7) is 2.13. The largest absolute Gasteiger partial charge is 0.251 e. The fourth-order valence-corrected chi connectivity index (χ4v) is 2.04. The van der Waals surface area contributed by atoms with Crippen molar-refractivity contribution in [1.82, 2.24) is 0 Å². The molecule has 1 aliphatic rings. The molecule has 0 bridgehead atoms. The molecule has 1 aliphatic carbocycles. The summed E-state index contributed by atoms with van der Waals surface area (Å²) in [5.74, 6) is 0. The zero-order valence-corrected chi connectivity index (χ0v) is 7.31. The van der Waals surface area contributed by atoms with Gasteiger partial charge in [0.05, 0.1) is 0 Å². The van der Waals surface area contributed by atoms with E-state index in [1.165, 1.54) is 19.3 Å². The van der Waals surface area contributed by atoms with Crippen molar-refractivity contribution in [3.63, 3.8) is 0 Å². The molecule has 2 nitrogen and oxygen atoms in total. The molecule has 66 valence electrons. The number of hydrogen-bond donors (Lipinski definition) is 1. The molecule has 0 unspecified atom stereocenters. The van der Waals surface area contributed by atoms with Crippen LogP contribution >= 0.6 is 0 Å². The number of hydrogen-bond acceptors (Lipinski definition) is 2. The monoisotopic (exact) mass is 158 g/mol. The quantitative estimate of drug-likeness (QED) is 0.505. The molecule has 0 saturated heterocycles. The Balaban J connectivity index is 2.42. The standard InChI is InChI=1S/C9H18O2/c1-2-6-9(11-10)7-4-3-5-8-9/h10H,2-8H2,1H3. The zero-order valence-electron chi connectivity index (χ0n) is 7.31. The minimum Gasteiger partial charge on any atom is -0.251 e. The minimum absolute atomic E-state index is 0.174. The maximum atomic E-state index is 8.77. The number of rotatable bonds is 3. The molecule has 0 amide bonds. The van der Waals surface area contributed by atoms with Crippen molar-refractivity contribution in [3.05, 3.63) is 0 Å². The summed E-state index contributed by atoms with van der Waals surface area (Å²) in [4.78, 5) is 4.62. The molecule has 1 rings (SSSR count). The van der Waals surface area contributed by atoms with Gasteiger partial charge in [-0.3, -0.25) is 5.26 Å². The van der Waals surface area contributed by atoms with Crippen LogP contribution < -0.4 is 0 Å². The molecule has 1 fully saturated rings. The molecule has 0 aliphatic heterocycles. The van der Waals surface area contributed by atoms with Gasteiger partial charge in [-0.25, -0.2) is 4.89 Å². The van der Waals surface area contributed by atoms with Gasteiger partial charge < -0.3 is 0 Å². The molecule has 0 radical (unpaired) electrons. The topological polar surface area (TPSA) is 29.5 Å². The molecule has 1 saturated carbocycles. The van der Waals surface area contributed by atoms with E-state index in [1.54, 1.807) is 0 Å². The highest BCUT2D eigenvalue weighted by atomic mass is 17.1. The fourth-order valence-electron chi connectivity index (χ4n) is 2.04. The molecule has 0 spiro atoms. The maximum absolute atomic E-state index is 8.77. The summed E-state index contributed by atoms with van der Waals surface area (Å²) < 4.78 is 0. The van der Waals surface area contributed by atoms with E-state index in [0.29, 0.717) is 0 Å². The second kappa shape index (κ2) is 4.07. The first-order valence-corrected chi connectivity index (χ1v) is 4.65. The van der Waals surface area contributed by atoms with E-state index in [1.807, 2.05) is 0 Å². The smallest absolute Gasteiger partial charge is 0.103 e. The van der Waals surface area contributed by atoms with E-state index in [4.69, 9.17) is 5.26 Å². The lowest BCUT2D eigenvalue weighted by Crippen LogP contribution is -2.33. The highest BCUT2D eigenvalue weighted by Gasteiger charge is 2.32. The molecule has 0 atom stereocenters. The van der Waals surface area contributed by atoms with Gasteiger partial charge >= 0.3 is 0 Å². The molecule has 0 aromatic rings. The Bertz CT molecular complexity index is 101. The Labute approximate surface area is 68.5 Å². The van der Waals surface area contributed by atoms with E-state index >= 15 is 0 Å². The maximum Gasteiger partial charge on any atom is 0.103 e. The van der Waals surface area contributed by atoms with Crippen molar-refractivity contribution in [2.24, 2.45) is 0 Å². The van der Waals surface area contributed by atoms with Crippen LogP contribution in [0.25, 0.3) is 0 Å². The second-order valence-corrected chi connectivity index (χ2v) is 3.58. The molecule has 0 heterocycles. The Hall–Kier alpha value is -0.0800. The Morgan fingerprint density at radius 2 is 1.91 bits per heavy atom. The van der Waals surface area contributed by atoms with Crippen LogP contribution in [0, 0.1) is 0 Å². The predicted molar refractivity (Wildman–Crippen MR) is 44.4 cm³/mol. The summed E-state index contributed by atoms with van der Waals surface area (Å²) >= 11 is 0. The first kappa shape index (κ1) is 9.01. The summed E-state index contributed by atoms with van der Waals surface area (Å²) in [5, 5.41) is 8.77. The van der Waals surface area contributed by atoms with Crippen LogP contribution in [0.5, 0.6) is 0 Å². The van der Waals surface area contributed by atoms with Gasteiger partial charge in [-0.2, -0.15) is 0 Å². The van der Waals surface area contributed by atoms with Crippen LogP contribution in [0.2, 0.25) is 0 Å². The van der Waals surface area contributed by atoms with Crippen LogP contribution in [-0.4, -0.2) is 10.9 Å². The van der Waals surface area contributed by atoms with Gasteiger partial charge in [-0.15, -0.1) is 0 Å². The van der Waals surface area contributed by atoms with Crippen LogP contribution in [0.15, 0.2) is 0 Å². The summed E-state index contributed by atoms with van der Waals surface area (Å²) in [6.07, 6.45) is 7.90. The molecular weight excluding hydrogens is 140 g/mol. The summed E-state index contributed by atoms with van der Waals surface area (Å²) in [7, 11) is 0. The lowest BCUT2D eigenvalue weighted by molar-refractivity contribution is -0.332. The van der Waals surface area contributed by atoms with Gasteiger partial charge in [-0.1, -0.05) is 32.6 Å². The van der Waals surface area contributed by atoms with E-state index in [9.17, 15) is 0 Å². The average Bonchev–Trinajstić information content (AvgIpc) is 2.07. The van der Waals surface area contributed by atoms with Gasteiger partial charge in [0.25, 0.3) is 0 Å². The second-order valence-electron chi connectivity index (χ2n) is 3.58. The molecule has 11 heavy (non-hydrogen) atoms. The average molecular weight is 158 g/mol. The summed E-state index contributed by atoms with van der Waals surface area (Å²) in [6, 6.07) is 0. The van der Waals surface area contributed by atoms with E-state index in [-0.39, 0.29) is 5.60 Å². The van der Waals surface area contributed by atoms with Crippen LogP contribution in [0.4, 0.5) is 0 Å². The van der Waals surface area contributed by atoms with Crippen molar-refractivity contribution in [2.45, 2.75) is 57.5 Å². The van der Waals surface area contributed by atoms with Gasteiger partial charge in [0.2, 0.25) is 0 Å². The normalized spacial score (nSPS) is 23.5. The zero-order chi connectivity index (χ0) is 8.16. The van der Waals surface area contributed by atoms with Crippen molar-refractivity contribution in [1.29, 1.82) is 0 Å². The van der Waals surface area contributed by atoms with Crippen LogP contribution in [0.1, 0.15) is 51.9 Å². The highest BCUT2D eigenvalue weighted by molar-refractivity contribution is 4.82. The summed E-state index contributed by atoms with van der Waals surface area (Å²) in [5.41, 5.74) is -0.174. The molecule has 1 N–H and O–H groups in total. The Morgan fingerprint density at radius 3 is 2.36 bits per heavy atom. The van der Waals surface area contributed by atoms with Crippen LogP contribution in [0.3, 0.4) is 0 Å². The first-order valence-electron chi connectivity index (χ1n) is 4.65. The van der Waals surface area contributed by atoms with Gasteiger partial charge in [0, 0.05) is 0 Å². The molecule has 2 heteroatoms. The lowest BCUT2D eigenvalue weighted by atomic mass is 9.82. The lowest BCUT2D eigenvalue weighted by Gasteiger charge is -2.33. The van der Waals surface area contributed by atoms with Gasteiger partial charge in [-0.05, 0) is 19.3 Å². The van der Waals surface area contributed by atoms with Crippen molar-refractivity contribution >= 4 is 0 Å².